The molecule has 1 aliphatic heterocycles. The van der Waals surface area contributed by atoms with Crippen molar-refractivity contribution in [1.29, 1.82) is 0 Å². The highest BCUT2D eigenvalue weighted by molar-refractivity contribution is 4.97. The van der Waals surface area contributed by atoms with E-state index in [1.54, 1.807) is 0 Å². The van der Waals surface area contributed by atoms with Crippen LogP contribution in [-0.4, -0.2) is 29.1 Å². The molecule has 0 spiro atoms. The number of hydrogen-bond acceptors (Lipinski definition) is 2. The lowest BCUT2D eigenvalue weighted by molar-refractivity contribution is 0.135. The zero-order valence-corrected chi connectivity index (χ0v) is 36.7. The molecular weight excluding hydrogens is 629 g/mol. The van der Waals surface area contributed by atoms with Gasteiger partial charge in [-0.1, -0.05) is 265 Å². The number of hydrogen-bond donors (Lipinski definition) is 0. The molecule has 310 valence electrons. The van der Waals surface area contributed by atoms with Gasteiger partial charge in [-0.25, -0.2) is 0 Å². The first-order valence-corrected chi connectivity index (χ1v) is 25.0. The van der Waals surface area contributed by atoms with Crippen molar-refractivity contribution in [2.24, 2.45) is 0 Å². The number of nitrogens with zero attached hydrogens (tertiary/aromatic N) is 2. The fourth-order valence-electron chi connectivity index (χ4n) is 8.66. The minimum absolute atomic E-state index is 0.636. The zero-order chi connectivity index (χ0) is 37.3. The summed E-state index contributed by atoms with van der Waals surface area (Å²) >= 11 is 0. The van der Waals surface area contributed by atoms with Crippen molar-refractivity contribution < 1.29 is 0 Å². The van der Waals surface area contributed by atoms with E-state index >= 15 is 0 Å². The van der Waals surface area contributed by atoms with Gasteiger partial charge in [0, 0.05) is 25.5 Å². The van der Waals surface area contributed by atoms with E-state index in [2.05, 4.69) is 43.0 Å². The van der Waals surface area contributed by atoms with Crippen LogP contribution in [0.15, 0.2) is 12.4 Å². The molecule has 0 saturated heterocycles. The van der Waals surface area contributed by atoms with Crippen molar-refractivity contribution in [1.82, 2.24) is 9.80 Å². The summed E-state index contributed by atoms with van der Waals surface area (Å²) in [5.74, 6) is 0. The number of unbranched alkanes of at least 4 members (excludes halogenated alkanes) is 38. The van der Waals surface area contributed by atoms with Crippen LogP contribution in [0.5, 0.6) is 0 Å². The Morgan fingerprint density at radius 3 is 0.673 bits per heavy atom. The zero-order valence-electron chi connectivity index (χ0n) is 36.7. The summed E-state index contributed by atoms with van der Waals surface area (Å²) in [7, 11) is 0. The SMILES string of the molecule is CCCCCCCCCCCCCCCCCN1C=CN(CCCCCCCCCCCCCCCC)C1CCCCCCCCCCCCCC. The van der Waals surface area contributed by atoms with Gasteiger partial charge in [0.25, 0.3) is 0 Å². The van der Waals surface area contributed by atoms with Gasteiger partial charge in [0.15, 0.2) is 0 Å². The lowest BCUT2D eigenvalue weighted by Gasteiger charge is -2.33. The largest absolute Gasteiger partial charge is 0.356 e. The Morgan fingerprint density at radius 2 is 0.442 bits per heavy atom. The Hall–Kier alpha value is -0.660. The molecule has 0 aliphatic carbocycles. The highest BCUT2D eigenvalue weighted by Crippen LogP contribution is 2.24. The van der Waals surface area contributed by atoms with Crippen LogP contribution in [0.25, 0.3) is 0 Å². The van der Waals surface area contributed by atoms with Gasteiger partial charge < -0.3 is 9.80 Å². The van der Waals surface area contributed by atoms with Gasteiger partial charge in [0.05, 0.1) is 0 Å². The molecular formula is C50H100N2. The number of rotatable bonds is 44. The summed E-state index contributed by atoms with van der Waals surface area (Å²) in [6, 6.07) is 0. The quantitative estimate of drug-likeness (QED) is 0.0576. The van der Waals surface area contributed by atoms with E-state index in [1.807, 2.05) is 0 Å². The molecule has 2 heteroatoms. The van der Waals surface area contributed by atoms with Gasteiger partial charge in [0.1, 0.15) is 6.17 Å². The molecule has 0 bridgehead atoms. The van der Waals surface area contributed by atoms with E-state index in [-0.39, 0.29) is 0 Å². The van der Waals surface area contributed by atoms with Crippen molar-refractivity contribution in [2.75, 3.05) is 13.1 Å². The Bertz CT molecular complexity index is 688. The third kappa shape index (κ3) is 32.7. The molecule has 1 unspecified atom stereocenters. The molecule has 0 saturated carbocycles. The molecule has 1 heterocycles. The molecule has 52 heavy (non-hydrogen) atoms. The normalized spacial score (nSPS) is 14.4. The summed E-state index contributed by atoms with van der Waals surface area (Å²) in [4.78, 5) is 5.48. The maximum absolute atomic E-state index is 2.74. The van der Waals surface area contributed by atoms with Crippen LogP contribution in [0.2, 0.25) is 0 Å². The summed E-state index contributed by atoms with van der Waals surface area (Å²) in [6.07, 6.45) is 66.4. The maximum atomic E-state index is 2.74. The summed E-state index contributed by atoms with van der Waals surface area (Å²) in [5, 5.41) is 0. The van der Waals surface area contributed by atoms with Crippen LogP contribution in [0.3, 0.4) is 0 Å². The lowest BCUT2D eigenvalue weighted by Crippen LogP contribution is -2.39. The van der Waals surface area contributed by atoms with Crippen LogP contribution in [-0.2, 0) is 0 Å². The molecule has 1 aliphatic rings. The van der Waals surface area contributed by atoms with E-state index in [0.717, 1.165) is 0 Å². The topological polar surface area (TPSA) is 6.48 Å². The second kappa shape index (κ2) is 41.5. The Kier molecular flexibility index (Phi) is 39.4. The van der Waals surface area contributed by atoms with E-state index in [4.69, 9.17) is 0 Å². The van der Waals surface area contributed by atoms with Crippen molar-refractivity contribution in [3.8, 4) is 0 Å². The van der Waals surface area contributed by atoms with Crippen LogP contribution < -0.4 is 0 Å². The molecule has 0 N–H and O–H groups in total. The molecule has 0 amide bonds. The molecule has 0 aromatic carbocycles. The lowest BCUT2D eigenvalue weighted by atomic mass is 10.0. The van der Waals surface area contributed by atoms with Crippen molar-refractivity contribution in [3.63, 3.8) is 0 Å². The second-order valence-corrected chi connectivity index (χ2v) is 17.5. The molecule has 0 radical (unpaired) electrons. The predicted octanol–water partition coefficient (Wildman–Crippen LogP) is 17.8. The standard InChI is InChI=1S/C50H100N2/c1-4-7-10-13-16-19-22-25-27-29-32-35-38-41-44-47-52-49-48-51(46-43-40-37-34-31-28-26-23-20-17-14-11-8-5-2)50(52)45-42-39-36-33-30-24-21-18-15-12-9-6-3/h48-50H,4-47H2,1-3H3. The van der Waals surface area contributed by atoms with E-state index in [0.29, 0.717) is 6.17 Å². The summed E-state index contributed by atoms with van der Waals surface area (Å²) in [5.41, 5.74) is 0. The van der Waals surface area contributed by atoms with Crippen molar-refractivity contribution >= 4 is 0 Å². The minimum atomic E-state index is 0.636. The molecule has 0 aromatic rings. The monoisotopic (exact) mass is 729 g/mol. The van der Waals surface area contributed by atoms with Crippen LogP contribution in [0.4, 0.5) is 0 Å². The molecule has 2 nitrogen and oxygen atoms in total. The van der Waals surface area contributed by atoms with Crippen LogP contribution in [0, 0.1) is 0 Å². The average Bonchev–Trinajstić information content (AvgIpc) is 3.54. The van der Waals surface area contributed by atoms with E-state index in [1.165, 1.54) is 283 Å². The Balaban J connectivity index is 2.20. The second-order valence-electron chi connectivity index (χ2n) is 17.5. The van der Waals surface area contributed by atoms with E-state index in [9.17, 15) is 0 Å². The third-order valence-electron chi connectivity index (χ3n) is 12.3. The van der Waals surface area contributed by atoms with Crippen LogP contribution >= 0.6 is 0 Å². The third-order valence-corrected chi connectivity index (χ3v) is 12.3. The first-order valence-electron chi connectivity index (χ1n) is 25.0. The van der Waals surface area contributed by atoms with Gasteiger partial charge in [0.2, 0.25) is 0 Å². The van der Waals surface area contributed by atoms with Gasteiger partial charge in [-0.3, -0.25) is 0 Å². The molecule has 0 fully saturated rings. The van der Waals surface area contributed by atoms with Gasteiger partial charge in [-0.2, -0.15) is 0 Å². The van der Waals surface area contributed by atoms with Crippen molar-refractivity contribution in [2.45, 2.75) is 297 Å². The van der Waals surface area contributed by atoms with Crippen LogP contribution in [0.1, 0.15) is 290 Å². The fourth-order valence-corrected chi connectivity index (χ4v) is 8.66. The van der Waals surface area contributed by atoms with Gasteiger partial charge >= 0.3 is 0 Å². The fraction of sp³-hybridized carbons (Fsp3) is 0.960. The Morgan fingerprint density at radius 1 is 0.250 bits per heavy atom. The van der Waals surface area contributed by atoms with Gasteiger partial charge in [-0.05, 0) is 25.7 Å². The first-order chi connectivity index (χ1) is 25.8. The molecule has 1 atom stereocenters. The Labute approximate surface area is 330 Å². The highest BCUT2D eigenvalue weighted by atomic mass is 15.4. The van der Waals surface area contributed by atoms with Crippen molar-refractivity contribution in [3.05, 3.63) is 12.4 Å². The minimum Gasteiger partial charge on any atom is -0.356 e. The van der Waals surface area contributed by atoms with E-state index < -0.39 is 0 Å². The van der Waals surface area contributed by atoms with Gasteiger partial charge in [-0.15, -0.1) is 0 Å². The highest BCUT2D eigenvalue weighted by Gasteiger charge is 2.24. The summed E-state index contributed by atoms with van der Waals surface area (Å²) in [6.45, 7) is 9.49. The smallest absolute Gasteiger partial charge is 0.101 e. The maximum Gasteiger partial charge on any atom is 0.101 e. The summed E-state index contributed by atoms with van der Waals surface area (Å²) < 4.78 is 0. The average molecular weight is 729 g/mol. The molecule has 1 rings (SSSR count). The first kappa shape index (κ1) is 49.4. The predicted molar refractivity (Wildman–Crippen MR) is 237 cm³/mol. The molecule has 0 aromatic heterocycles.